The summed E-state index contributed by atoms with van der Waals surface area (Å²) in [5, 5.41) is 4.66. The number of allylic oxidation sites excluding steroid dienone is 2. The Morgan fingerprint density at radius 2 is 0.869 bits per heavy atom. The second kappa shape index (κ2) is 14.4. The predicted octanol–water partition coefficient (Wildman–Crippen LogP) is 15.0. The molecule has 2 atom stereocenters. The molecule has 0 saturated carbocycles. The number of fused-ring (bicyclic) bond motifs is 9. The zero-order valence-electron chi connectivity index (χ0n) is 33.4. The fraction of sp³-hybridized carbons (Fsp3) is 0.0345. The minimum absolute atomic E-state index is 0.291. The molecule has 2 aliphatic rings. The van der Waals surface area contributed by atoms with Gasteiger partial charge in [0, 0.05) is 33.6 Å². The van der Waals surface area contributed by atoms with Gasteiger partial charge in [0.2, 0.25) is 0 Å². The van der Waals surface area contributed by atoms with Crippen LogP contribution in [0.1, 0.15) is 11.5 Å². The molecule has 1 aliphatic heterocycles. The van der Waals surface area contributed by atoms with Gasteiger partial charge in [0.15, 0.2) is 0 Å². The highest BCUT2D eigenvalue weighted by Crippen LogP contribution is 2.49. The third-order valence-electron chi connectivity index (χ3n) is 12.7. The third kappa shape index (κ3) is 6.05. The van der Waals surface area contributed by atoms with E-state index >= 15 is 0 Å². The lowest BCUT2D eigenvalue weighted by Crippen LogP contribution is -2.28. The van der Waals surface area contributed by atoms with Gasteiger partial charge >= 0.3 is 0 Å². The summed E-state index contributed by atoms with van der Waals surface area (Å²) in [6.07, 6.45) is 10.9. The number of hydrogen-bond acceptors (Lipinski definition) is 3. The van der Waals surface area contributed by atoms with E-state index in [0.29, 0.717) is 12.0 Å². The number of nitrogens with zero attached hydrogens (tertiary/aromatic N) is 3. The summed E-state index contributed by atoms with van der Waals surface area (Å²) >= 11 is 0. The lowest BCUT2D eigenvalue weighted by molar-refractivity contribution is 0.745. The van der Waals surface area contributed by atoms with Gasteiger partial charge in [-0.3, -0.25) is 4.98 Å². The molecular weight excluding hydrogens is 739 g/mol. The van der Waals surface area contributed by atoms with Crippen LogP contribution in [0.3, 0.4) is 0 Å². The molecule has 10 aromatic rings. The first-order chi connectivity index (χ1) is 30.2. The van der Waals surface area contributed by atoms with E-state index in [9.17, 15) is 0 Å². The summed E-state index contributed by atoms with van der Waals surface area (Å²) in [6.45, 7) is 0. The van der Waals surface area contributed by atoms with Gasteiger partial charge in [-0.05, 0) is 85.1 Å². The first-order valence-electron chi connectivity index (χ1n) is 21.1. The van der Waals surface area contributed by atoms with Gasteiger partial charge in [-0.1, -0.05) is 194 Å². The number of benzene rings is 9. The van der Waals surface area contributed by atoms with Crippen LogP contribution < -0.4 is 4.90 Å². The Morgan fingerprint density at radius 3 is 1.49 bits per heavy atom. The first kappa shape index (κ1) is 35.1. The predicted molar refractivity (Wildman–Crippen MR) is 255 cm³/mol. The molecule has 2 unspecified atom stereocenters. The van der Waals surface area contributed by atoms with Gasteiger partial charge in [-0.2, -0.15) is 0 Å². The molecule has 2 heterocycles. The SMILES string of the molecule is C1=CC2c3ccc(-c4ccc(-c5ccc(-c6ccc(-c7cccc(-c8cnc9c%10ccccc%10c%10ccccc%10c9n8)c7)cc6)cc5)cc4)cc3N(c3ccccc3)C2C=C1. The quantitative estimate of drug-likeness (QED) is 0.157. The summed E-state index contributed by atoms with van der Waals surface area (Å²) in [5.74, 6) is 0.357. The molecule has 3 heteroatoms. The molecule has 1 aromatic heterocycles. The molecule has 0 bridgehead atoms. The normalized spacial score (nSPS) is 15.4. The largest absolute Gasteiger partial charge is 0.333 e. The van der Waals surface area contributed by atoms with Crippen molar-refractivity contribution in [2.45, 2.75) is 12.0 Å². The first-order valence-corrected chi connectivity index (χ1v) is 21.1. The summed E-state index contributed by atoms with van der Waals surface area (Å²) in [4.78, 5) is 12.7. The Morgan fingerprint density at radius 1 is 0.377 bits per heavy atom. The molecule has 0 radical (unpaired) electrons. The van der Waals surface area contributed by atoms with Crippen LogP contribution in [0.25, 0.3) is 88.3 Å². The number of rotatable bonds is 6. The van der Waals surface area contributed by atoms with Gasteiger partial charge in [0.05, 0.1) is 29.0 Å². The van der Waals surface area contributed by atoms with Crippen molar-refractivity contribution in [2.24, 2.45) is 0 Å². The highest BCUT2D eigenvalue weighted by molar-refractivity contribution is 6.23. The van der Waals surface area contributed by atoms with Gasteiger partial charge in [0.1, 0.15) is 0 Å². The Bertz CT molecular complexity index is 3310. The van der Waals surface area contributed by atoms with Gasteiger partial charge in [0.25, 0.3) is 0 Å². The Kier molecular flexibility index (Phi) is 8.31. The highest BCUT2D eigenvalue weighted by Gasteiger charge is 2.37. The van der Waals surface area contributed by atoms with Crippen molar-refractivity contribution in [3.05, 3.63) is 230 Å². The molecule has 0 fully saturated rings. The second-order valence-corrected chi connectivity index (χ2v) is 16.1. The lowest BCUT2D eigenvalue weighted by atomic mass is 9.90. The van der Waals surface area contributed by atoms with Crippen LogP contribution in [0.4, 0.5) is 11.4 Å². The van der Waals surface area contributed by atoms with Crippen LogP contribution in [0.2, 0.25) is 0 Å². The molecule has 0 spiro atoms. The molecule has 0 N–H and O–H groups in total. The van der Waals surface area contributed by atoms with E-state index in [4.69, 9.17) is 9.97 Å². The fourth-order valence-corrected chi connectivity index (χ4v) is 9.59. The second-order valence-electron chi connectivity index (χ2n) is 16.1. The minimum Gasteiger partial charge on any atom is -0.333 e. The molecule has 12 rings (SSSR count). The average molecular weight is 778 g/mol. The topological polar surface area (TPSA) is 29.0 Å². The molecular formula is C58H39N3. The molecule has 286 valence electrons. The monoisotopic (exact) mass is 777 g/mol. The number of aromatic nitrogens is 2. The summed E-state index contributed by atoms with van der Waals surface area (Å²) in [6, 6.07) is 70.4. The van der Waals surface area contributed by atoms with Crippen molar-refractivity contribution >= 4 is 44.0 Å². The van der Waals surface area contributed by atoms with Crippen LogP contribution in [-0.2, 0) is 0 Å². The van der Waals surface area contributed by atoms with E-state index < -0.39 is 0 Å². The Balaban J connectivity index is 0.779. The van der Waals surface area contributed by atoms with Gasteiger partial charge in [-0.25, -0.2) is 4.98 Å². The molecule has 61 heavy (non-hydrogen) atoms. The highest BCUT2D eigenvalue weighted by atomic mass is 15.2. The van der Waals surface area contributed by atoms with Crippen LogP contribution >= 0.6 is 0 Å². The minimum atomic E-state index is 0.291. The summed E-state index contributed by atoms with van der Waals surface area (Å²) < 4.78 is 0. The molecule has 0 amide bonds. The smallest absolute Gasteiger partial charge is 0.0979 e. The Hall–Kier alpha value is -7.88. The van der Waals surface area contributed by atoms with E-state index in [1.54, 1.807) is 0 Å². The molecule has 9 aromatic carbocycles. The lowest BCUT2D eigenvalue weighted by Gasteiger charge is -2.28. The van der Waals surface area contributed by atoms with E-state index in [1.807, 2.05) is 6.20 Å². The maximum atomic E-state index is 5.23. The third-order valence-corrected chi connectivity index (χ3v) is 12.7. The number of para-hydroxylation sites is 1. The zero-order valence-corrected chi connectivity index (χ0v) is 33.4. The van der Waals surface area contributed by atoms with Crippen LogP contribution in [-0.4, -0.2) is 16.0 Å². The summed E-state index contributed by atoms with van der Waals surface area (Å²) in [7, 11) is 0. The maximum Gasteiger partial charge on any atom is 0.0979 e. The number of anilines is 2. The molecule has 3 nitrogen and oxygen atoms in total. The van der Waals surface area contributed by atoms with Crippen molar-refractivity contribution in [3.63, 3.8) is 0 Å². The van der Waals surface area contributed by atoms with Crippen LogP contribution in [0.5, 0.6) is 0 Å². The van der Waals surface area contributed by atoms with E-state index in [1.165, 1.54) is 61.1 Å². The van der Waals surface area contributed by atoms with Crippen LogP contribution in [0, 0.1) is 0 Å². The van der Waals surface area contributed by atoms with Gasteiger partial charge < -0.3 is 4.90 Å². The van der Waals surface area contributed by atoms with Crippen molar-refractivity contribution in [3.8, 4) is 55.8 Å². The van der Waals surface area contributed by atoms with E-state index in [0.717, 1.165) is 44.2 Å². The summed E-state index contributed by atoms with van der Waals surface area (Å²) in [5.41, 5.74) is 17.2. The van der Waals surface area contributed by atoms with E-state index in [-0.39, 0.29) is 0 Å². The molecule has 0 saturated heterocycles. The van der Waals surface area contributed by atoms with Crippen molar-refractivity contribution in [1.82, 2.24) is 9.97 Å². The standard InChI is InChI=1S/C58H39N3/c1-2-13-47(14-3-1)61-55-20-9-8-17-50(55)51-34-33-45(36-56(51)61)43-31-27-41(28-32-43)39-23-21-38(22-24-39)40-25-29-42(30-26-40)44-11-10-12-46(35-44)54-37-59-57-52-18-6-4-15-48(52)49-16-5-7-19-53(49)58(57)60-54/h1-37,50,55H. The van der Waals surface area contributed by atoms with Crippen molar-refractivity contribution in [2.75, 3.05) is 4.90 Å². The average Bonchev–Trinajstić information content (AvgIpc) is 3.68. The van der Waals surface area contributed by atoms with Crippen molar-refractivity contribution in [1.29, 1.82) is 0 Å². The fourth-order valence-electron chi connectivity index (χ4n) is 9.59. The Labute approximate surface area is 355 Å². The zero-order chi connectivity index (χ0) is 40.3. The number of hydrogen-bond donors (Lipinski definition) is 0. The molecule has 1 aliphatic carbocycles. The maximum absolute atomic E-state index is 5.23. The van der Waals surface area contributed by atoms with E-state index in [2.05, 4.69) is 223 Å². The van der Waals surface area contributed by atoms with Crippen LogP contribution in [0.15, 0.2) is 225 Å². The van der Waals surface area contributed by atoms with Crippen molar-refractivity contribution < 1.29 is 0 Å². The van der Waals surface area contributed by atoms with Gasteiger partial charge in [-0.15, -0.1) is 0 Å².